The predicted molar refractivity (Wildman–Crippen MR) is 77.8 cm³/mol. The monoisotopic (exact) mass is 274 g/mol. The Morgan fingerprint density at radius 1 is 1.30 bits per heavy atom. The number of nitrogens with zero attached hydrogens (tertiary/aromatic N) is 1. The Balaban J connectivity index is 2.11. The molecule has 0 aliphatic heterocycles. The highest BCUT2D eigenvalue weighted by molar-refractivity contribution is 5.94. The number of aromatic amines is 1. The van der Waals surface area contributed by atoms with Crippen LogP contribution in [0, 0.1) is 5.92 Å². The lowest BCUT2D eigenvalue weighted by Gasteiger charge is -2.15. The Labute approximate surface area is 116 Å². The fourth-order valence-corrected chi connectivity index (χ4v) is 1.76. The second-order valence-electron chi connectivity index (χ2n) is 4.94. The molecule has 4 N–H and O–H groups in total. The van der Waals surface area contributed by atoms with Crippen molar-refractivity contribution in [2.45, 2.75) is 19.9 Å². The van der Waals surface area contributed by atoms with E-state index in [0.717, 1.165) is 5.69 Å². The van der Waals surface area contributed by atoms with Crippen LogP contribution >= 0.6 is 0 Å². The van der Waals surface area contributed by atoms with Gasteiger partial charge in [0.1, 0.15) is 0 Å². The summed E-state index contributed by atoms with van der Waals surface area (Å²) in [5, 5.41) is 2.75. The highest BCUT2D eigenvalue weighted by Crippen LogP contribution is 2.13. The molecule has 1 aromatic heterocycles. The van der Waals surface area contributed by atoms with E-state index in [1.165, 1.54) is 4.57 Å². The number of carbonyl (C=O) groups is 1. The highest BCUT2D eigenvalue weighted by Gasteiger charge is 2.17. The number of carbonyl (C=O) groups excluding carboxylic acids is 1. The normalized spacial score (nSPS) is 12.4. The summed E-state index contributed by atoms with van der Waals surface area (Å²) in [4.78, 5) is 25.9. The molecule has 0 spiro atoms. The molecule has 0 bridgehead atoms. The van der Waals surface area contributed by atoms with Gasteiger partial charge in [-0.3, -0.25) is 9.36 Å². The van der Waals surface area contributed by atoms with Crippen LogP contribution in [0.3, 0.4) is 0 Å². The molecular formula is C14H18N4O2. The summed E-state index contributed by atoms with van der Waals surface area (Å²) in [5.74, 6) is -0.140. The molecule has 6 heteroatoms. The van der Waals surface area contributed by atoms with Gasteiger partial charge >= 0.3 is 5.69 Å². The van der Waals surface area contributed by atoms with Gasteiger partial charge in [0.15, 0.2) is 0 Å². The second-order valence-corrected chi connectivity index (χ2v) is 4.94. The maximum atomic E-state index is 11.8. The molecule has 2 aromatic rings. The largest absolute Gasteiger partial charge is 0.330 e. The summed E-state index contributed by atoms with van der Waals surface area (Å²) < 4.78 is 1.48. The first-order valence-corrected chi connectivity index (χ1v) is 6.42. The molecule has 0 unspecified atom stereocenters. The lowest BCUT2D eigenvalue weighted by atomic mass is 10.0. The van der Waals surface area contributed by atoms with E-state index < -0.39 is 6.04 Å². The van der Waals surface area contributed by atoms with Crippen LogP contribution in [0.5, 0.6) is 0 Å². The number of anilines is 1. The average Bonchev–Trinajstić information content (AvgIpc) is 2.85. The van der Waals surface area contributed by atoms with Gasteiger partial charge in [-0.1, -0.05) is 13.8 Å². The summed E-state index contributed by atoms with van der Waals surface area (Å²) >= 11 is 0. The summed E-state index contributed by atoms with van der Waals surface area (Å²) in [6, 6.07) is 6.44. The number of benzene rings is 1. The molecule has 0 saturated carbocycles. The second kappa shape index (κ2) is 5.75. The van der Waals surface area contributed by atoms with Crippen molar-refractivity contribution < 1.29 is 4.79 Å². The van der Waals surface area contributed by atoms with Gasteiger partial charge in [-0.25, -0.2) is 4.79 Å². The minimum absolute atomic E-state index is 0.0766. The third-order valence-electron chi connectivity index (χ3n) is 3.08. The van der Waals surface area contributed by atoms with Gasteiger partial charge in [0.05, 0.1) is 11.7 Å². The van der Waals surface area contributed by atoms with E-state index in [9.17, 15) is 9.59 Å². The van der Waals surface area contributed by atoms with Gasteiger partial charge in [-0.05, 0) is 30.2 Å². The van der Waals surface area contributed by atoms with Crippen LogP contribution in [-0.2, 0) is 4.79 Å². The van der Waals surface area contributed by atoms with E-state index in [1.807, 2.05) is 13.8 Å². The predicted octanol–water partition coefficient (Wildman–Crippen LogP) is 1.09. The Kier molecular flexibility index (Phi) is 4.05. The third-order valence-corrected chi connectivity index (χ3v) is 3.08. The van der Waals surface area contributed by atoms with Crippen molar-refractivity contribution in [2.75, 3.05) is 5.32 Å². The van der Waals surface area contributed by atoms with Crippen LogP contribution in [0.4, 0.5) is 5.69 Å². The molecule has 0 aliphatic rings. The van der Waals surface area contributed by atoms with E-state index >= 15 is 0 Å². The van der Waals surface area contributed by atoms with Gasteiger partial charge in [0.25, 0.3) is 0 Å². The Morgan fingerprint density at radius 3 is 2.45 bits per heavy atom. The van der Waals surface area contributed by atoms with Gasteiger partial charge < -0.3 is 16.0 Å². The smallest absolute Gasteiger partial charge is 0.325 e. The third kappa shape index (κ3) is 2.97. The van der Waals surface area contributed by atoms with Crippen LogP contribution in [-0.4, -0.2) is 21.5 Å². The zero-order chi connectivity index (χ0) is 14.7. The van der Waals surface area contributed by atoms with Crippen LogP contribution < -0.4 is 16.7 Å². The first-order chi connectivity index (χ1) is 9.49. The van der Waals surface area contributed by atoms with Crippen molar-refractivity contribution in [1.29, 1.82) is 0 Å². The number of hydrogen-bond donors (Lipinski definition) is 3. The van der Waals surface area contributed by atoms with Gasteiger partial charge in [-0.15, -0.1) is 0 Å². The standard InChI is InChI=1S/C14H18N4O2/c1-9(2)12(15)13(19)17-10-3-5-11(6-4-10)18-8-7-16-14(18)20/h3-9,12H,15H2,1-2H3,(H,16,20)(H,17,19)/t12-/m0/s1. The number of H-pyrrole nitrogens is 1. The van der Waals surface area contributed by atoms with Gasteiger partial charge in [0, 0.05) is 18.1 Å². The number of rotatable bonds is 4. The van der Waals surface area contributed by atoms with Crippen LogP contribution in [0.2, 0.25) is 0 Å². The fourth-order valence-electron chi connectivity index (χ4n) is 1.76. The molecule has 1 heterocycles. The lowest BCUT2D eigenvalue weighted by molar-refractivity contribution is -0.118. The Bertz CT molecular complexity index is 640. The zero-order valence-electron chi connectivity index (χ0n) is 11.5. The molecule has 0 aliphatic carbocycles. The van der Waals surface area contributed by atoms with Crippen LogP contribution in [0.15, 0.2) is 41.5 Å². The molecule has 6 nitrogen and oxygen atoms in total. The maximum Gasteiger partial charge on any atom is 0.330 e. The number of nitrogens with two attached hydrogens (primary N) is 1. The van der Waals surface area contributed by atoms with E-state index in [0.29, 0.717) is 5.69 Å². The fraction of sp³-hybridized carbons (Fsp3) is 0.286. The topological polar surface area (TPSA) is 92.9 Å². The van der Waals surface area contributed by atoms with Crippen LogP contribution in [0.1, 0.15) is 13.8 Å². The number of aromatic nitrogens is 2. The lowest BCUT2D eigenvalue weighted by Crippen LogP contribution is -2.39. The van der Waals surface area contributed by atoms with Crippen molar-refractivity contribution >= 4 is 11.6 Å². The molecule has 0 fully saturated rings. The summed E-state index contributed by atoms with van der Waals surface area (Å²) in [7, 11) is 0. The van der Waals surface area contributed by atoms with Crippen molar-refractivity contribution in [2.24, 2.45) is 11.7 Å². The maximum absolute atomic E-state index is 11.8. The summed E-state index contributed by atoms with van der Waals surface area (Å²) in [6.45, 7) is 3.79. The average molecular weight is 274 g/mol. The molecule has 0 saturated heterocycles. The number of nitrogens with one attached hydrogen (secondary N) is 2. The minimum atomic E-state index is -0.540. The van der Waals surface area contributed by atoms with Crippen molar-refractivity contribution in [3.63, 3.8) is 0 Å². The van der Waals surface area contributed by atoms with E-state index in [2.05, 4.69) is 10.3 Å². The summed E-state index contributed by atoms with van der Waals surface area (Å²) in [6.07, 6.45) is 3.21. The van der Waals surface area contributed by atoms with E-state index in [4.69, 9.17) is 5.73 Å². The molecule has 1 aromatic carbocycles. The molecule has 1 atom stereocenters. The van der Waals surface area contributed by atoms with Crippen molar-refractivity contribution in [1.82, 2.24) is 9.55 Å². The summed E-state index contributed by atoms with van der Waals surface area (Å²) in [5.41, 5.74) is 6.94. The number of hydrogen-bond acceptors (Lipinski definition) is 3. The number of imidazole rings is 1. The van der Waals surface area contributed by atoms with Crippen molar-refractivity contribution in [3.05, 3.63) is 47.1 Å². The van der Waals surface area contributed by atoms with E-state index in [1.54, 1.807) is 36.7 Å². The van der Waals surface area contributed by atoms with Crippen LogP contribution in [0.25, 0.3) is 5.69 Å². The van der Waals surface area contributed by atoms with Gasteiger partial charge in [-0.2, -0.15) is 0 Å². The molecule has 0 radical (unpaired) electrons. The van der Waals surface area contributed by atoms with E-state index in [-0.39, 0.29) is 17.5 Å². The first kappa shape index (κ1) is 14.1. The first-order valence-electron chi connectivity index (χ1n) is 6.42. The quantitative estimate of drug-likeness (QED) is 0.779. The molecule has 2 rings (SSSR count). The SMILES string of the molecule is CC(C)[C@H](N)C(=O)Nc1ccc(-n2cc[nH]c2=O)cc1. The highest BCUT2D eigenvalue weighted by atomic mass is 16.2. The molecule has 106 valence electrons. The molecule has 20 heavy (non-hydrogen) atoms. The molecule has 1 amide bonds. The van der Waals surface area contributed by atoms with Crippen molar-refractivity contribution in [3.8, 4) is 5.69 Å². The zero-order valence-corrected chi connectivity index (χ0v) is 11.5. The van der Waals surface area contributed by atoms with Gasteiger partial charge in [0.2, 0.25) is 5.91 Å². The molecular weight excluding hydrogens is 256 g/mol. The Hall–Kier alpha value is -2.34. The minimum Gasteiger partial charge on any atom is -0.325 e. The number of amides is 1. The Morgan fingerprint density at radius 2 is 1.95 bits per heavy atom.